The molecule has 0 bridgehead atoms. The second-order valence-corrected chi connectivity index (χ2v) is 6.86. The van der Waals surface area contributed by atoms with Crippen LogP contribution in [0.25, 0.3) is 6.08 Å². The van der Waals surface area contributed by atoms with E-state index in [1.54, 1.807) is 40.2 Å². The molecule has 3 rings (SSSR count). The highest BCUT2D eigenvalue weighted by Gasteiger charge is 2.14. The molecule has 2 heterocycles. The van der Waals surface area contributed by atoms with Crippen molar-refractivity contribution in [1.29, 1.82) is 0 Å². The summed E-state index contributed by atoms with van der Waals surface area (Å²) in [5, 5.41) is 5.05. The predicted octanol–water partition coefficient (Wildman–Crippen LogP) is 4.36. The van der Waals surface area contributed by atoms with Gasteiger partial charge in [-0.25, -0.2) is 0 Å². The minimum absolute atomic E-state index is 0.129. The summed E-state index contributed by atoms with van der Waals surface area (Å²) in [5.74, 6) is -0.129. The maximum Gasteiger partial charge on any atom is 0.247 e. The highest BCUT2D eigenvalue weighted by atomic mass is 35.5. The summed E-state index contributed by atoms with van der Waals surface area (Å²) in [7, 11) is 1.83. The van der Waals surface area contributed by atoms with Crippen LogP contribution < -0.4 is 0 Å². The molecule has 7 heteroatoms. The van der Waals surface area contributed by atoms with Crippen LogP contribution in [0.3, 0.4) is 0 Å². The van der Waals surface area contributed by atoms with Gasteiger partial charge in [-0.1, -0.05) is 35.3 Å². The van der Waals surface area contributed by atoms with E-state index in [1.165, 1.54) is 6.08 Å². The topological polar surface area (TPSA) is 51.0 Å². The van der Waals surface area contributed by atoms with Gasteiger partial charge in [0.2, 0.25) is 5.91 Å². The van der Waals surface area contributed by atoms with Gasteiger partial charge in [-0.15, -0.1) is 0 Å². The molecule has 0 unspecified atom stereocenters. The van der Waals surface area contributed by atoms with Gasteiger partial charge in [0.15, 0.2) is 0 Å². The highest BCUT2D eigenvalue weighted by Crippen LogP contribution is 2.23. The first-order valence-electron chi connectivity index (χ1n) is 8.31. The molecule has 0 radical (unpaired) electrons. The van der Waals surface area contributed by atoms with Gasteiger partial charge in [0.05, 0.1) is 28.5 Å². The molecule has 5 nitrogen and oxygen atoms in total. The number of carbonyl (C=O) groups is 1. The Bertz CT molecular complexity index is 954. The summed E-state index contributed by atoms with van der Waals surface area (Å²) >= 11 is 12.1. The standard InChI is InChI=1S/C20H18Cl2N4O/c1-25-12-16(11-24-25)6-8-20(27)26(14-17-4-2-3-9-23-17)13-15-5-7-18(21)19(22)10-15/h2-12H,13-14H2,1H3/b8-6+. The minimum Gasteiger partial charge on any atom is -0.329 e. The van der Waals surface area contributed by atoms with Gasteiger partial charge >= 0.3 is 0 Å². The van der Waals surface area contributed by atoms with Crippen molar-refractivity contribution >= 4 is 35.2 Å². The summed E-state index contributed by atoms with van der Waals surface area (Å²) in [4.78, 5) is 18.8. The van der Waals surface area contributed by atoms with Crippen molar-refractivity contribution in [3.8, 4) is 0 Å². The first-order valence-corrected chi connectivity index (χ1v) is 9.06. The van der Waals surface area contributed by atoms with E-state index in [1.807, 2.05) is 37.5 Å². The number of rotatable bonds is 6. The summed E-state index contributed by atoms with van der Waals surface area (Å²) in [5.41, 5.74) is 2.56. The van der Waals surface area contributed by atoms with Gasteiger partial charge in [-0.05, 0) is 35.9 Å². The largest absolute Gasteiger partial charge is 0.329 e. The Morgan fingerprint density at radius 1 is 1.19 bits per heavy atom. The molecule has 27 heavy (non-hydrogen) atoms. The van der Waals surface area contributed by atoms with Crippen molar-refractivity contribution in [3.05, 3.63) is 87.9 Å². The lowest BCUT2D eigenvalue weighted by molar-refractivity contribution is -0.127. The SMILES string of the molecule is Cn1cc(/C=C/C(=O)N(Cc2ccc(Cl)c(Cl)c2)Cc2ccccn2)cn1. The number of aryl methyl sites for hydroxylation is 1. The first kappa shape index (κ1) is 19.1. The lowest BCUT2D eigenvalue weighted by Gasteiger charge is -2.21. The number of pyridine rings is 1. The molecule has 0 aliphatic rings. The fourth-order valence-electron chi connectivity index (χ4n) is 2.56. The van der Waals surface area contributed by atoms with Crippen molar-refractivity contribution in [2.75, 3.05) is 0 Å². The molecule has 138 valence electrons. The van der Waals surface area contributed by atoms with Crippen molar-refractivity contribution in [2.45, 2.75) is 13.1 Å². The summed E-state index contributed by atoms with van der Waals surface area (Å²) in [6.07, 6.45) is 8.54. The van der Waals surface area contributed by atoms with Gasteiger partial charge in [0.1, 0.15) is 0 Å². The summed E-state index contributed by atoms with van der Waals surface area (Å²) < 4.78 is 1.69. The molecule has 1 aromatic carbocycles. The van der Waals surface area contributed by atoms with Crippen LogP contribution in [0.5, 0.6) is 0 Å². The zero-order chi connectivity index (χ0) is 19.2. The Hall–Kier alpha value is -2.63. The van der Waals surface area contributed by atoms with E-state index >= 15 is 0 Å². The Balaban J connectivity index is 1.80. The van der Waals surface area contributed by atoms with Gasteiger partial charge in [-0.3, -0.25) is 14.5 Å². The fraction of sp³-hybridized carbons (Fsp3) is 0.150. The zero-order valence-electron chi connectivity index (χ0n) is 14.7. The van der Waals surface area contributed by atoms with Crippen molar-refractivity contribution in [2.24, 2.45) is 7.05 Å². The third kappa shape index (κ3) is 5.42. The number of hydrogen-bond donors (Lipinski definition) is 0. The number of halogens is 2. The van der Waals surface area contributed by atoms with E-state index in [0.29, 0.717) is 23.1 Å². The molecule has 0 saturated heterocycles. The van der Waals surface area contributed by atoms with Gasteiger partial charge < -0.3 is 4.90 Å². The second-order valence-electron chi connectivity index (χ2n) is 6.04. The predicted molar refractivity (Wildman–Crippen MR) is 107 cm³/mol. The van der Waals surface area contributed by atoms with Crippen LogP contribution in [0.1, 0.15) is 16.8 Å². The molecule has 0 fully saturated rings. The molecule has 0 N–H and O–H groups in total. The molecule has 3 aromatic rings. The molecule has 0 saturated carbocycles. The normalized spacial score (nSPS) is 11.1. The summed E-state index contributed by atoms with van der Waals surface area (Å²) in [6.45, 7) is 0.779. The number of benzene rings is 1. The second kappa shape index (κ2) is 8.84. The number of hydrogen-bond acceptors (Lipinski definition) is 3. The third-order valence-electron chi connectivity index (χ3n) is 3.89. The molecular formula is C20H18Cl2N4O. The van der Waals surface area contributed by atoms with E-state index in [2.05, 4.69) is 10.1 Å². The fourth-order valence-corrected chi connectivity index (χ4v) is 2.88. The molecule has 1 amide bonds. The summed E-state index contributed by atoms with van der Waals surface area (Å²) in [6, 6.07) is 11.0. The average Bonchev–Trinajstić information content (AvgIpc) is 3.08. The zero-order valence-corrected chi connectivity index (χ0v) is 16.2. The molecule has 0 aliphatic heterocycles. The highest BCUT2D eigenvalue weighted by molar-refractivity contribution is 6.42. The smallest absolute Gasteiger partial charge is 0.247 e. The average molecular weight is 401 g/mol. The number of aromatic nitrogens is 3. The Morgan fingerprint density at radius 2 is 2.04 bits per heavy atom. The van der Waals surface area contributed by atoms with E-state index in [4.69, 9.17) is 23.2 Å². The Morgan fingerprint density at radius 3 is 2.70 bits per heavy atom. The van der Waals surface area contributed by atoms with Crippen LogP contribution in [0, 0.1) is 0 Å². The van der Waals surface area contributed by atoms with Crippen LogP contribution in [0.15, 0.2) is 61.1 Å². The van der Waals surface area contributed by atoms with Crippen LogP contribution in [-0.2, 0) is 24.9 Å². The first-order chi connectivity index (χ1) is 13.0. The van der Waals surface area contributed by atoms with E-state index < -0.39 is 0 Å². The number of amides is 1. The van der Waals surface area contributed by atoms with E-state index in [0.717, 1.165) is 16.8 Å². The molecule has 0 spiro atoms. The monoisotopic (exact) mass is 400 g/mol. The van der Waals surface area contributed by atoms with Crippen molar-refractivity contribution < 1.29 is 4.79 Å². The van der Waals surface area contributed by atoms with Crippen LogP contribution in [0.2, 0.25) is 10.0 Å². The van der Waals surface area contributed by atoms with Crippen LogP contribution >= 0.6 is 23.2 Å². The van der Waals surface area contributed by atoms with Crippen molar-refractivity contribution in [1.82, 2.24) is 19.7 Å². The van der Waals surface area contributed by atoms with Gasteiger partial charge in [-0.2, -0.15) is 5.10 Å². The van der Waals surface area contributed by atoms with E-state index in [9.17, 15) is 4.79 Å². The Labute approximate surface area is 167 Å². The molecule has 0 aliphatic carbocycles. The lowest BCUT2D eigenvalue weighted by atomic mass is 10.2. The maximum atomic E-state index is 12.8. The van der Waals surface area contributed by atoms with Crippen LogP contribution in [-0.4, -0.2) is 25.6 Å². The van der Waals surface area contributed by atoms with Crippen LogP contribution in [0.4, 0.5) is 0 Å². The Kier molecular flexibility index (Phi) is 6.27. The molecule has 0 atom stereocenters. The third-order valence-corrected chi connectivity index (χ3v) is 4.63. The number of carbonyl (C=O) groups excluding carboxylic acids is 1. The number of nitrogens with zero attached hydrogens (tertiary/aromatic N) is 4. The molecular weight excluding hydrogens is 383 g/mol. The lowest BCUT2D eigenvalue weighted by Crippen LogP contribution is -2.28. The van der Waals surface area contributed by atoms with Gasteiger partial charge in [0.25, 0.3) is 0 Å². The maximum absolute atomic E-state index is 12.8. The molecule has 2 aromatic heterocycles. The van der Waals surface area contributed by atoms with Gasteiger partial charge in [0, 0.05) is 37.6 Å². The van der Waals surface area contributed by atoms with E-state index in [-0.39, 0.29) is 5.91 Å². The van der Waals surface area contributed by atoms with Crippen molar-refractivity contribution in [3.63, 3.8) is 0 Å². The quantitative estimate of drug-likeness (QED) is 0.577. The minimum atomic E-state index is -0.129.